The highest BCUT2D eigenvalue weighted by Crippen LogP contribution is 2.17. The molecule has 0 bridgehead atoms. The first-order chi connectivity index (χ1) is 8.12. The molecule has 0 aliphatic heterocycles. The summed E-state index contributed by atoms with van der Waals surface area (Å²) in [4.78, 5) is 0.219. The fourth-order valence-corrected chi connectivity index (χ4v) is 2.59. The first-order valence-electron chi connectivity index (χ1n) is 5.94. The lowest BCUT2D eigenvalue weighted by molar-refractivity contribution is 0.0857. The van der Waals surface area contributed by atoms with E-state index in [1.165, 1.54) is 0 Å². The van der Waals surface area contributed by atoms with E-state index in [1.54, 1.807) is 26.0 Å². The third-order valence-corrected chi connectivity index (χ3v) is 3.97. The molecule has 18 heavy (non-hydrogen) atoms. The minimum Gasteiger partial charge on any atom is -0.389 e. The molecule has 4 nitrogen and oxygen atoms in total. The van der Waals surface area contributed by atoms with Crippen molar-refractivity contribution in [3.05, 3.63) is 29.8 Å². The van der Waals surface area contributed by atoms with Crippen LogP contribution in [0.1, 0.15) is 39.2 Å². The molecule has 0 aliphatic rings. The molecule has 2 N–H and O–H groups in total. The van der Waals surface area contributed by atoms with Crippen LogP contribution < -0.4 is 4.72 Å². The predicted molar refractivity (Wildman–Crippen MR) is 72.0 cm³/mol. The molecule has 0 aliphatic carbocycles. The number of sulfonamides is 1. The normalized spacial score (nSPS) is 13.0. The summed E-state index contributed by atoms with van der Waals surface area (Å²) in [5, 5.41) is 9.52. The van der Waals surface area contributed by atoms with Crippen molar-refractivity contribution in [1.29, 1.82) is 0 Å². The predicted octanol–water partition coefficient (Wildman–Crippen LogP) is 1.86. The van der Waals surface area contributed by atoms with E-state index in [2.05, 4.69) is 18.6 Å². The van der Waals surface area contributed by atoms with Gasteiger partial charge in [-0.05, 0) is 37.5 Å². The minimum atomic E-state index is -3.55. The lowest BCUT2D eigenvalue weighted by Gasteiger charge is -2.17. The lowest BCUT2D eigenvalue weighted by Crippen LogP contribution is -2.38. The molecular weight excluding hydrogens is 250 g/mol. The number of aliphatic hydroxyl groups is 1. The molecule has 0 radical (unpaired) electrons. The number of hydrogen-bond acceptors (Lipinski definition) is 3. The average molecular weight is 271 g/mol. The summed E-state index contributed by atoms with van der Waals surface area (Å²) in [6, 6.07) is 6.79. The van der Waals surface area contributed by atoms with E-state index in [4.69, 9.17) is 0 Å². The number of benzene rings is 1. The van der Waals surface area contributed by atoms with Gasteiger partial charge in [0.2, 0.25) is 10.0 Å². The first kappa shape index (κ1) is 15.1. The molecule has 1 aromatic rings. The van der Waals surface area contributed by atoms with Gasteiger partial charge in [-0.15, -0.1) is 0 Å². The maximum absolute atomic E-state index is 11.9. The zero-order chi connectivity index (χ0) is 14.0. The quantitative estimate of drug-likeness (QED) is 0.859. The van der Waals surface area contributed by atoms with E-state index in [9.17, 15) is 13.5 Å². The average Bonchev–Trinajstić information content (AvgIpc) is 2.26. The maximum atomic E-state index is 11.9. The van der Waals surface area contributed by atoms with Crippen LogP contribution >= 0.6 is 0 Å². The van der Waals surface area contributed by atoms with Crippen LogP contribution in [-0.4, -0.2) is 25.7 Å². The van der Waals surface area contributed by atoms with Gasteiger partial charge in [0.15, 0.2) is 0 Å². The number of hydrogen-bond donors (Lipinski definition) is 2. The second-order valence-electron chi connectivity index (χ2n) is 5.36. The largest absolute Gasteiger partial charge is 0.389 e. The standard InChI is InChI=1S/C13H21NO3S/c1-10(2)11-5-7-12(8-6-11)18(16,17)14-9-13(3,4)15/h5-8,10,14-15H,9H2,1-4H3. The van der Waals surface area contributed by atoms with Crippen molar-refractivity contribution in [2.75, 3.05) is 6.54 Å². The highest BCUT2D eigenvalue weighted by atomic mass is 32.2. The molecule has 0 spiro atoms. The first-order valence-corrected chi connectivity index (χ1v) is 7.42. The Labute approximate surface area is 109 Å². The van der Waals surface area contributed by atoms with Gasteiger partial charge in [-0.1, -0.05) is 26.0 Å². The zero-order valence-corrected chi connectivity index (χ0v) is 12.1. The van der Waals surface area contributed by atoms with Crippen LogP contribution in [0.2, 0.25) is 0 Å². The van der Waals surface area contributed by atoms with Crippen LogP contribution in [0.3, 0.4) is 0 Å². The third-order valence-electron chi connectivity index (χ3n) is 2.55. The molecular formula is C13H21NO3S. The molecule has 0 saturated carbocycles. The van der Waals surface area contributed by atoms with Crippen LogP contribution in [0.5, 0.6) is 0 Å². The van der Waals surface area contributed by atoms with Crippen molar-refractivity contribution < 1.29 is 13.5 Å². The van der Waals surface area contributed by atoms with E-state index >= 15 is 0 Å². The highest BCUT2D eigenvalue weighted by Gasteiger charge is 2.19. The summed E-state index contributed by atoms with van der Waals surface area (Å²) in [6.45, 7) is 7.20. The van der Waals surface area contributed by atoms with Gasteiger partial charge < -0.3 is 5.11 Å². The van der Waals surface area contributed by atoms with Crippen molar-refractivity contribution >= 4 is 10.0 Å². The topological polar surface area (TPSA) is 66.4 Å². The van der Waals surface area contributed by atoms with E-state index in [1.807, 2.05) is 12.1 Å². The summed E-state index contributed by atoms with van der Waals surface area (Å²) in [5.41, 5.74) is 0.0294. The van der Waals surface area contributed by atoms with E-state index in [0.29, 0.717) is 5.92 Å². The van der Waals surface area contributed by atoms with Gasteiger partial charge in [0.25, 0.3) is 0 Å². The van der Waals surface area contributed by atoms with E-state index < -0.39 is 15.6 Å². The monoisotopic (exact) mass is 271 g/mol. The van der Waals surface area contributed by atoms with Crippen LogP contribution in [0.4, 0.5) is 0 Å². The highest BCUT2D eigenvalue weighted by molar-refractivity contribution is 7.89. The molecule has 1 rings (SSSR count). The van der Waals surface area contributed by atoms with Crippen molar-refractivity contribution in [2.24, 2.45) is 0 Å². The Hall–Kier alpha value is -0.910. The van der Waals surface area contributed by atoms with Crippen LogP contribution in [-0.2, 0) is 10.0 Å². The summed E-state index contributed by atoms with van der Waals surface area (Å²) in [7, 11) is -3.55. The number of nitrogens with one attached hydrogen (secondary N) is 1. The smallest absolute Gasteiger partial charge is 0.240 e. The SMILES string of the molecule is CC(C)c1ccc(S(=O)(=O)NCC(C)(C)O)cc1. The second-order valence-corrected chi connectivity index (χ2v) is 7.13. The second kappa shape index (κ2) is 5.38. The van der Waals surface area contributed by atoms with Gasteiger partial charge in [-0.2, -0.15) is 0 Å². The van der Waals surface area contributed by atoms with Crippen molar-refractivity contribution in [2.45, 2.75) is 44.1 Å². The van der Waals surface area contributed by atoms with Gasteiger partial charge in [0, 0.05) is 6.54 Å². The summed E-state index contributed by atoms with van der Waals surface area (Å²) < 4.78 is 26.3. The summed E-state index contributed by atoms with van der Waals surface area (Å²) in [6.07, 6.45) is 0. The van der Waals surface area contributed by atoms with Gasteiger partial charge in [-0.25, -0.2) is 13.1 Å². The van der Waals surface area contributed by atoms with Crippen molar-refractivity contribution in [1.82, 2.24) is 4.72 Å². The van der Waals surface area contributed by atoms with Gasteiger partial charge >= 0.3 is 0 Å². The Morgan fingerprint density at radius 2 is 1.72 bits per heavy atom. The van der Waals surface area contributed by atoms with Crippen LogP contribution in [0.15, 0.2) is 29.2 Å². The molecule has 0 saturated heterocycles. The summed E-state index contributed by atoms with van der Waals surface area (Å²) in [5.74, 6) is 0.367. The van der Waals surface area contributed by atoms with E-state index in [0.717, 1.165) is 5.56 Å². The minimum absolute atomic E-state index is 0.0126. The van der Waals surface area contributed by atoms with Gasteiger partial charge in [-0.3, -0.25) is 0 Å². The molecule has 0 heterocycles. The van der Waals surface area contributed by atoms with Crippen LogP contribution in [0.25, 0.3) is 0 Å². The molecule has 102 valence electrons. The fourth-order valence-electron chi connectivity index (χ4n) is 1.39. The molecule has 0 amide bonds. The summed E-state index contributed by atoms with van der Waals surface area (Å²) >= 11 is 0. The Balaban J connectivity index is 2.86. The third kappa shape index (κ3) is 4.40. The van der Waals surface area contributed by atoms with Crippen molar-refractivity contribution in [3.63, 3.8) is 0 Å². The van der Waals surface area contributed by atoms with Crippen LogP contribution in [0, 0.1) is 0 Å². The molecule has 0 aromatic heterocycles. The molecule has 5 heteroatoms. The lowest BCUT2D eigenvalue weighted by atomic mass is 10.0. The molecule has 0 atom stereocenters. The van der Waals surface area contributed by atoms with E-state index in [-0.39, 0.29) is 11.4 Å². The molecule has 1 aromatic carbocycles. The molecule has 0 unspecified atom stereocenters. The fraction of sp³-hybridized carbons (Fsp3) is 0.538. The zero-order valence-electron chi connectivity index (χ0n) is 11.3. The van der Waals surface area contributed by atoms with Crippen molar-refractivity contribution in [3.8, 4) is 0 Å². The Morgan fingerprint density at radius 3 is 2.11 bits per heavy atom. The Morgan fingerprint density at radius 1 is 1.22 bits per heavy atom. The maximum Gasteiger partial charge on any atom is 0.240 e. The van der Waals surface area contributed by atoms with Gasteiger partial charge in [0.05, 0.1) is 10.5 Å². The molecule has 0 fully saturated rings. The number of rotatable bonds is 5. The Bertz CT molecular complexity index is 484. The Kier molecular flexibility index (Phi) is 4.53. The van der Waals surface area contributed by atoms with Gasteiger partial charge in [0.1, 0.15) is 0 Å².